The van der Waals surface area contributed by atoms with Gasteiger partial charge in [0.25, 0.3) is 0 Å². The van der Waals surface area contributed by atoms with Crippen LogP contribution in [0.4, 0.5) is 42.9 Å². The largest absolute Gasteiger partial charge is 0.311 e. The summed E-state index contributed by atoms with van der Waals surface area (Å²) in [5, 5.41) is 4.14. The number of benzene rings is 11. The molecule has 0 aliphatic carbocycles. The molecule has 0 fully saturated rings. The Morgan fingerprint density at radius 3 is 0.829 bits per heavy atom. The maximum Gasteiger partial charge on any atom is 0.123 e. The Morgan fingerprint density at radius 1 is 0.243 bits per heavy atom. The van der Waals surface area contributed by atoms with Gasteiger partial charge in [-0.2, -0.15) is 0 Å². The number of rotatable bonds is 12. The van der Waals surface area contributed by atoms with Crippen molar-refractivity contribution in [1.29, 1.82) is 0 Å². The smallest absolute Gasteiger partial charge is 0.123 e. The van der Waals surface area contributed by atoms with E-state index in [4.69, 9.17) is 0 Å². The van der Waals surface area contributed by atoms with E-state index in [-0.39, 0.29) is 11.6 Å². The third kappa shape index (κ3) is 9.14. The van der Waals surface area contributed by atoms with Gasteiger partial charge in [-0.15, -0.1) is 0 Å². The fourth-order valence-corrected chi connectivity index (χ4v) is 9.37. The molecule has 0 amide bonds. The lowest BCUT2D eigenvalue weighted by Crippen LogP contribution is -2.09. The van der Waals surface area contributed by atoms with Gasteiger partial charge in [0.1, 0.15) is 11.6 Å². The van der Waals surface area contributed by atoms with E-state index >= 15 is 0 Å². The summed E-state index contributed by atoms with van der Waals surface area (Å²) in [5.41, 5.74) is 14.4. The van der Waals surface area contributed by atoms with Crippen molar-refractivity contribution in [3.63, 3.8) is 0 Å². The van der Waals surface area contributed by atoms with Crippen LogP contribution >= 0.6 is 0 Å². The number of nitrogens with zero attached hydrogens (tertiary/aromatic N) is 2. The van der Waals surface area contributed by atoms with Gasteiger partial charge in [0.2, 0.25) is 0 Å². The summed E-state index contributed by atoms with van der Waals surface area (Å²) < 4.78 is 29.0. The third-order valence-electron chi connectivity index (χ3n) is 12.7. The molecule has 0 atom stereocenters. The van der Waals surface area contributed by atoms with Crippen LogP contribution in [0, 0.1) is 11.6 Å². The lowest BCUT2D eigenvalue weighted by atomic mass is 9.84. The van der Waals surface area contributed by atoms with Crippen LogP contribution in [0.25, 0.3) is 68.1 Å². The minimum absolute atomic E-state index is 0.304. The molecule has 334 valence electrons. The van der Waals surface area contributed by atoms with Gasteiger partial charge >= 0.3 is 0 Å². The van der Waals surface area contributed by atoms with E-state index in [0.29, 0.717) is 0 Å². The van der Waals surface area contributed by atoms with Crippen LogP contribution in [0.15, 0.2) is 255 Å². The molecule has 0 aliphatic heterocycles. The molecule has 70 heavy (non-hydrogen) atoms. The highest BCUT2D eigenvalue weighted by atomic mass is 19.1. The third-order valence-corrected chi connectivity index (χ3v) is 12.7. The topological polar surface area (TPSA) is 6.48 Å². The first kappa shape index (κ1) is 43.5. The van der Waals surface area contributed by atoms with E-state index in [0.717, 1.165) is 100 Å². The average Bonchev–Trinajstić information content (AvgIpc) is 3.42. The zero-order chi connectivity index (χ0) is 47.2. The normalized spacial score (nSPS) is 11.5. The van der Waals surface area contributed by atoms with Crippen LogP contribution in [0.5, 0.6) is 0 Å². The molecule has 0 radical (unpaired) electrons. The second-order valence-corrected chi connectivity index (χ2v) is 17.2. The fourth-order valence-electron chi connectivity index (χ4n) is 9.37. The molecule has 2 nitrogen and oxygen atoms in total. The van der Waals surface area contributed by atoms with Gasteiger partial charge in [-0.05, 0) is 175 Å². The van der Waals surface area contributed by atoms with Crippen LogP contribution in [-0.2, 0) is 0 Å². The minimum Gasteiger partial charge on any atom is -0.311 e. The molecule has 0 heterocycles. The Morgan fingerprint density at radius 2 is 0.514 bits per heavy atom. The van der Waals surface area contributed by atoms with Crippen molar-refractivity contribution < 1.29 is 8.78 Å². The number of anilines is 6. The van der Waals surface area contributed by atoms with Crippen molar-refractivity contribution in [3.05, 3.63) is 289 Å². The number of hydrogen-bond donors (Lipinski definition) is 0. The van der Waals surface area contributed by atoms with E-state index < -0.39 is 0 Å². The lowest BCUT2D eigenvalue weighted by molar-refractivity contribution is 0.627. The van der Waals surface area contributed by atoms with Crippen LogP contribution in [-0.4, -0.2) is 0 Å². The predicted octanol–water partition coefficient (Wildman–Crippen LogP) is 18.9. The standard InChI is InChI=1S/C66H46F2N2/c67-53-35-31-51(32-36-53)65-61-43-29-49(23-21-47-25-39-59(40-26-47)69(55-13-5-1-6-14-55)56-15-7-2-8-16-56)45-63(61)64-46-50(30-44-62(64)66(65)52-33-37-54(68)38-34-52)24-22-48-27-41-60(42-28-48)70(57-17-9-3-10-18-57)58-19-11-4-12-20-58/h1-46H/b23-21+,24-22+. The summed E-state index contributed by atoms with van der Waals surface area (Å²) in [6.07, 6.45) is 8.60. The predicted molar refractivity (Wildman–Crippen MR) is 292 cm³/mol. The zero-order valence-electron chi connectivity index (χ0n) is 38.2. The van der Waals surface area contributed by atoms with Gasteiger partial charge < -0.3 is 9.80 Å². The molecule has 11 aromatic carbocycles. The second kappa shape index (κ2) is 19.6. The number of fused-ring (bicyclic) bond motifs is 3. The molecule has 0 saturated heterocycles. The van der Waals surface area contributed by atoms with Gasteiger partial charge in [0.05, 0.1) is 0 Å². The van der Waals surface area contributed by atoms with Crippen molar-refractivity contribution in [2.24, 2.45) is 0 Å². The van der Waals surface area contributed by atoms with Crippen LogP contribution in [0.1, 0.15) is 22.3 Å². The van der Waals surface area contributed by atoms with Crippen molar-refractivity contribution in [1.82, 2.24) is 0 Å². The Balaban J connectivity index is 0.987. The summed E-state index contributed by atoms with van der Waals surface area (Å²) in [7, 11) is 0. The molecule has 0 aliphatic rings. The molecule has 0 aromatic heterocycles. The van der Waals surface area contributed by atoms with E-state index in [2.05, 4.69) is 216 Å². The Bertz CT molecular complexity index is 3290. The first-order chi connectivity index (χ1) is 34.5. The summed E-state index contributed by atoms with van der Waals surface area (Å²) >= 11 is 0. The number of hydrogen-bond acceptors (Lipinski definition) is 2. The van der Waals surface area contributed by atoms with Crippen molar-refractivity contribution in [2.45, 2.75) is 0 Å². The maximum atomic E-state index is 14.5. The highest BCUT2D eigenvalue weighted by molar-refractivity contribution is 6.22. The lowest BCUT2D eigenvalue weighted by Gasteiger charge is -2.25. The summed E-state index contributed by atoms with van der Waals surface area (Å²) in [5.74, 6) is -0.609. The van der Waals surface area contributed by atoms with Crippen molar-refractivity contribution >= 4 is 80.0 Å². The summed E-state index contributed by atoms with van der Waals surface area (Å²) in [4.78, 5) is 4.51. The minimum atomic E-state index is -0.304. The van der Waals surface area contributed by atoms with E-state index in [9.17, 15) is 8.78 Å². The highest BCUT2D eigenvalue weighted by Crippen LogP contribution is 2.46. The maximum absolute atomic E-state index is 14.5. The molecule has 11 rings (SSSR count). The Hall–Kier alpha value is -9.12. The summed E-state index contributed by atoms with van der Waals surface area (Å²) in [6, 6.07) is 85.3. The van der Waals surface area contributed by atoms with Gasteiger partial charge in [-0.3, -0.25) is 0 Å². The van der Waals surface area contributed by atoms with Gasteiger partial charge in [0.15, 0.2) is 0 Å². The molecule has 11 aromatic rings. The SMILES string of the molecule is Fc1ccc(-c2c(-c3ccc(F)cc3)c3ccc(/C=C/c4ccc(N(c5ccccc5)c5ccccc5)cc4)cc3c3cc(/C=C/c4ccc(N(c5ccccc5)c5ccccc5)cc4)ccc23)cc1. The molecular formula is C66H46F2N2. The van der Waals surface area contributed by atoms with Crippen molar-refractivity contribution in [2.75, 3.05) is 9.80 Å². The van der Waals surface area contributed by atoms with E-state index in [1.165, 1.54) is 24.3 Å². The van der Waals surface area contributed by atoms with Gasteiger partial charge in [-0.25, -0.2) is 8.78 Å². The molecule has 0 bridgehead atoms. The molecule has 0 unspecified atom stereocenters. The summed E-state index contributed by atoms with van der Waals surface area (Å²) in [6.45, 7) is 0. The molecule has 0 N–H and O–H groups in total. The quantitative estimate of drug-likeness (QED) is 0.0890. The fraction of sp³-hybridized carbons (Fsp3) is 0. The van der Waals surface area contributed by atoms with E-state index in [1.54, 1.807) is 0 Å². The molecule has 0 spiro atoms. The van der Waals surface area contributed by atoms with Gasteiger partial charge in [-0.1, -0.05) is 170 Å². The molecule has 4 heteroatoms. The monoisotopic (exact) mass is 904 g/mol. The van der Waals surface area contributed by atoms with E-state index in [1.807, 2.05) is 48.5 Å². The number of para-hydroxylation sites is 4. The first-order valence-corrected chi connectivity index (χ1v) is 23.4. The van der Waals surface area contributed by atoms with Crippen LogP contribution in [0.3, 0.4) is 0 Å². The van der Waals surface area contributed by atoms with Gasteiger partial charge in [0, 0.05) is 34.1 Å². The highest BCUT2D eigenvalue weighted by Gasteiger charge is 2.19. The molecular weight excluding hydrogens is 859 g/mol. The van der Waals surface area contributed by atoms with Crippen LogP contribution < -0.4 is 9.80 Å². The Labute approximate surface area is 407 Å². The van der Waals surface area contributed by atoms with Crippen LogP contribution in [0.2, 0.25) is 0 Å². The van der Waals surface area contributed by atoms with Crippen molar-refractivity contribution in [3.8, 4) is 22.3 Å². The Kier molecular flexibility index (Phi) is 12.2. The zero-order valence-corrected chi connectivity index (χ0v) is 38.2. The second-order valence-electron chi connectivity index (χ2n) is 17.2. The number of halogens is 2. The molecule has 0 saturated carbocycles. The average molecular weight is 905 g/mol. The first-order valence-electron chi connectivity index (χ1n) is 23.4.